The smallest absolute Gasteiger partial charge is 0.335 e. The van der Waals surface area contributed by atoms with E-state index in [1.165, 1.54) is 11.3 Å². The average Bonchev–Trinajstić information content (AvgIpc) is 3.00. The quantitative estimate of drug-likeness (QED) is 0.905. The summed E-state index contributed by atoms with van der Waals surface area (Å²) in [5.41, 5.74) is 1.00. The first-order chi connectivity index (χ1) is 11.1. The van der Waals surface area contributed by atoms with Crippen molar-refractivity contribution in [3.05, 3.63) is 34.8 Å². The Kier molecular flexibility index (Phi) is 4.93. The molecule has 0 amide bonds. The SMILES string of the molecule is Cc1cnc(-c2cc(OCC3CCOCC3)cc(C(=O)O)c2)s1. The first kappa shape index (κ1) is 16.0. The zero-order valence-corrected chi connectivity index (χ0v) is 13.8. The van der Waals surface area contributed by atoms with Gasteiger partial charge in [0.1, 0.15) is 10.8 Å². The maximum absolute atomic E-state index is 11.4. The molecule has 23 heavy (non-hydrogen) atoms. The zero-order valence-electron chi connectivity index (χ0n) is 12.9. The summed E-state index contributed by atoms with van der Waals surface area (Å²) in [6.45, 7) is 4.10. The van der Waals surface area contributed by atoms with Crippen molar-refractivity contribution >= 4 is 17.3 Å². The van der Waals surface area contributed by atoms with Crippen LogP contribution in [0.1, 0.15) is 28.1 Å². The summed E-state index contributed by atoms with van der Waals surface area (Å²) in [6, 6.07) is 5.08. The number of ether oxygens (including phenoxy) is 2. The monoisotopic (exact) mass is 333 g/mol. The lowest BCUT2D eigenvalue weighted by Crippen LogP contribution is -2.21. The topological polar surface area (TPSA) is 68.7 Å². The molecule has 0 aliphatic carbocycles. The van der Waals surface area contributed by atoms with Crippen molar-refractivity contribution in [2.75, 3.05) is 19.8 Å². The molecule has 3 rings (SSSR count). The van der Waals surface area contributed by atoms with E-state index in [1.807, 2.05) is 13.0 Å². The Morgan fingerprint density at radius 2 is 2.17 bits per heavy atom. The lowest BCUT2D eigenvalue weighted by Gasteiger charge is -2.22. The molecule has 1 saturated heterocycles. The second-order valence-corrected chi connectivity index (χ2v) is 6.93. The molecule has 1 aliphatic rings. The highest BCUT2D eigenvalue weighted by Gasteiger charge is 2.16. The molecular weight excluding hydrogens is 314 g/mol. The number of hydrogen-bond donors (Lipinski definition) is 1. The van der Waals surface area contributed by atoms with Crippen LogP contribution in [0.3, 0.4) is 0 Å². The summed E-state index contributed by atoms with van der Waals surface area (Å²) >= 11 is 1.54. The largest absolute Gasteiger partial charge is 0.493 e. The minimum Gasteiger partial charge on any atom is -0.493 e. The van der Waals surface area contributed by atoms with Crippen LogP contribution in [0, 0.1) is 12.8 Å². The third kappa shape index (κ3) is 4.09. The van der Waals surface area contributed by atoms with E-state index >= 15 is 0 Å². The van der Waals surface area contributed by atoms with Crippen molar-refractivity contribution in [1.82, 2.24) is 4.98 Å². The number of benzene rings is 1. The predicted octanol–water partition coefficient (Wildman–Crippen LogP) is 3.62. The molecule has 0 bridgehead atoms. The van der Waals surface area contributed by atoms with Crippen molar-refractivity contribution in [1.29, 1.82) is 0 Å². The molecule has 0 atom stereocenters. The fourth-order valence-electron chi connectivity index (χ4n) is 2.54. The number of rotatable bonds is 5. The summed E-state index contributed by atoms with van der Waals surface area (Å²) in [5, 5.41) is 10.1. The van der Waals surface area contributed by atoms with Gasteiger partial charge in [0.2, 0.25) is 0 Å². The fraction of sp³-hybridized carbons (Fsp3) is 0.412. The van der Waals surface area contributed by atoms with Crippen LogP contribution in [-0.4, -0.2) is 35.9 Å². The third-order valence-electron chi connectivity index (χ3n) is 3.85. The molecule has 0 saturated carbocycles. The molecule has 2 aromatic rings. The summed E-state index contributed by atoms with van der Waals surface area (Å²) in [4.78, 5) is 16.8. The van der Waals surface area contributed by atoms with Crippen LogP contribution in [0.4, 0.5) is 0 Å². The first-order valence-electron chi connectivity index (χ1n) is 7.63. The maximum Gasteiger partial charge on any atom is 0.335 e. The number of carbonyl (C=O) groups is 1. The van der Waals surface area contributed by atoms with Gasteiger partial charge in [-0.1, -0.05) is 0 Å². The van der Waals surface area contributed by atoms with Crippen LogP contribution in [0.25, 0.3) is 10.6 Å². The van der Waals surface area contributed by atoms with Crippen LogP contribution >= 0.6 is 11.3 Å². The van der Waals surface area contributed by atoms with Gasteiger partial charge in [0.05, 0.1) is 12.2 Å². The number of aromatic carboxylic acids is 1. The van der Waals surface area contributed by atoms with Crippen LogP contribution in [0.2, 0.25) is 0 Å². The van der Waals surface area contributed by atoms with Gasteiger partial charge in [-0.25, -0.2) is 9.78 Å². The van der Waals surface area contributed by atoms with Crippen LogP contribution in [-0.2, 0) is 4.74 Å². The molecule has 0 spiro atoms. The Balaban J connectivity index is 1.80. The minimum atomic E-state index is -0.962. The van der Waals surface area contributed by atoms with Gasteiger partial charge in [-0.3, -0.25) is 0 Å². The summed E-state index contributed by atoms with van der Waals surface area (Å²) < 4.78 is 11.2. The van der Waals surface area contributed by atoms with Gasteiger partial charge in [-0.2, -0.15) is 0 Å². The van der Waals surface area contributed by atoms with Gasteiger partial charge in [0.25, 0.3) is 0 Å². The van der Waals surface area contributed by atoms with Crippen molar-refractivity contribution < 1.29 is 19.4 Å². The van der Waals surface area contributed by atoms with E-state index in [0.29, 0.717) is 18.3 Å². The van der Waals surface area contributed by atoms with Crippen molar-refractivity contribution in [3.63, 3.8) is 0 Å². The summed E-state index contributed by atoms with van der Waals surface area (Å²) in [5.74, 6) is 0.0816. The Labute approximate surface area is 138 Å². The van der Waals surface area contributed by atoms with Crippen LogP contribution in [0.15, 0.2) is 24.4 Å². The predicted molar refractivity (Wildman–Crippen MR) is 88.3 cm³/mol. The van der Waals surface area contributed by atoms with E-state index in [0.717, 1.165) is 41.5 Å². The molecule has 1 aromatic carbocycles. The molecule has 1 fully saturated rings. The highest BCUT2D eigenvalue weighted by molar-refractivity contribution is 7.14. The van der Waals surface area contributed by atoms with Crippen molar-refractivity contribution in [2.45, 2.75) is 19.8 Å². The molecule has 1 N–H and O–H groups in total. The van der Waals surface area contributed by atoms with Crippen LogP contribution in [0.5, 0.6) is 5.75 Å². The number of aromatic nitrogens is 1. The van der Waals surface area contributed by atoms with Gasteiger partial charge < -0.3 is 14.6 Å². The molecule has 122 valence electrons. The Bertz CT molecular complexity index is 692. The van der Waals surface area contributed by atoms with Crippen molar-refractivity contribution in [2.24, 2.45) is 5.92 Å². The molecule has 2 heterocycles. The van der Waals surface area contributed by atoms with Gasteiger partial charge in [0.15, 0.2) is 0 Å². The molecule has 5 nitrogen and oxygen atoms in total. The van der Waals surface area contributed by atoms with Gasteiger partial charge >= 0.3 is 5.97 Å². The minimum absolute atomic E-state index is 0.220. The Morgan fingerprint density at radius 1 is 1.39 bits per heavy atom. The number of aryl methyl sites for hydroxylation is 1. The van der Waals surface area contributed by atoms with E-state index < -0.39 is 5.97 Å². The molecule has 1 aliphatic heterocycles. The fourth-order valence-corrected chi connectivity index (χ4v) is 3.30. The van der Waals surface area contributed by atoms with E-state index in [4.69, 9.17) is 9.47 Å². The molecule has 6 heteroatoms. The van der Waals surface area contributed by atoms with Gasteiger partial charge in [-0.05, 0) is 43.9 Å². The third-order valence-corrected chi connectivity index (χ3v) is 4.81. The molecular formula is C17H19NO4S. The lowest BCUT2D eigenvalue weighted by atomic mass is 10.0. The Hall–Kier alpha value is -1.92. The number of carboxylic acids is 1. The summed E-state index contributed by atoms with van der Waals surface area (Å²) in [7, 11) is 0. The molecule has 1 aromatic heterocycles. The highest BCUT2D eigenvalue weighted by Crippen LogP contribution is 2.30. The second-order valence-electron chi connectivity index (χ2n) is 5.69. The Morgan fingerprint density at radius 3 is 2.83 bits per heavy atom. The van der Waals surface area contributed by atoms with E-state index in [2.05, 4.69) is 4.98 Å². The highest BCUT2D eigenvalue weighted by atomic mass is 32.1. The van der Waals surface area contributed by atoms with E-state index in [9.17, 15) is 9.90 Å². The average molecular weight is 333 g/mol. The first-order valence-corrected chi connectivity index (χ1v) is 8.45. The maximum atomic E-state index is 11.4. The molecule has 0 unspecified atom stereocenters. The normalized spacial score (nSPS) is 15.5. The second kappa shape index (κ2) is 7.10. The standard InChI is InChI=1S/C17H19NO4S/c1-11-9-18-16(23-11)13-6-14(17(19)20)8-15(7-13)22-10-12-2-4-21-5-3-12/h6-9,12H,2-5,10H2,1H3,(H,19,20). The van der Waals surface area contributed by atoms with Crippen molar-refractivity contribution in [3.8, 4) is 16.3 Å². The number of nitrogens with zero attached hydrogens (tertiary/aromatic N) is 1. The van der Waals surface area contributed by atoms with Gasteiger partial charge in [0, 0.05) is 29.9 Å². The lowest BCUT2D eigenvalue weighted by molar-refractivity contribution is 0.0497. The number of carboxylic acid groups (broad SMARTS) is 1. The van der Waals surface area contributed by atoms with Crippen LogP contribution < -0.4 is 4.74 Å². The molecule has 0 radical (unpaired) electrons. The zero-order chi connectivity index (χ0) is 16.2. The number of thiazole rings is 1. The van der Waals surface area contributed by atoms with E-state index in [1.54, 1.807) is 18.3 Å². The summed E-state index contributed by atoms with van der Waals surface area (Å²) in [6.07, 6.45) is 3.75. The number of hydrogen-bond acceptors (Lipinski definition) is 5. The van der Waals surface area contributed by atoms with Gasteiger partial charge in [-0.15, -0.1) is 11.3 Å². The van der Waals surface area contributed by atoms with E-state index in [-0.39, 0.29) is 5.56 Å².